The van der Waals surface area contributed by atoms with E-state index in [2.05, 4.69) is 5.32 Å². The summed E-state index contributed by atoms with van der Waals surface area (Å²) in [6, 6.07) is 5.12. The lowest BCUT2D eigenvalue weighted by Crippen LogP contribution is -2.33. The standard InChI is InChI=1S/C28H33N11O10.ClH/c1-32-11-15(31-24(40)41)7-21(32)37(26(44)45)17-9-23(34(3)13-17)39(28(48)49)18-10-22(35(4)14-18)38(27(46)47)16-8-20(33(2)12-16)36(25(42)43)6-5-19(29)30;/h7-14,31H,5-6H2,1-4H3,(H3,29,30)(H,40,41)(H,42,43)(H,44,45)(H,46,47)(H,48,49);1H. The van der Waals surface area contributed by atoms with Crippen LogP contribution in [0.4, 0.5) is 70.0 Å². The molecule has 0 spiro atoms. The van der Waals surface area contributed by atoms with E-state index in [-0.39, 0.29) is 77.2 Å². The number of carboxylic acid groups (broad SMARTS) is 5. The first kappa shape index (κ1) is 37.7. The molecule has 0 saturated heterocycles. The summed E-state index contributed by atoms with van der Waals surface area (Å²) in [6.45, 7) is -0.167. The van der Waals surface area contributed by atoms with Crippen LogP contribution < -0.4 is 30.7 Å². The fraction of sp³-hybridized carbons (Fsp3) is 0.214. The minimum Gasteiger partial charge on any atom is -0.465 e. The number of nitrogens with zero attached hydrogens (tertiary/aromatic N) is 8. The quantitative estimate of drug-likeness (QED) is 0.0769. The predicted molar refractivity (Wildman–Crippen MR) is 183 cm³/mol. The van der Waals surface area contributed by atoms with E-state index in [0.717, 1.165) is 19.6 Å². The summed E-state index contributed by atoms with van der Waals surface area (Å²) < 4.78 is 5.41. The van der Waals surface area contributed by atoms with Crippen LogP contribution in [0.15, 0.2) is 49.1 Å². The van der Waals surface area contributed by atoms with E-state index in [4.69, 9.17) is 16.2 Å². The molecule has 21 nitrogen and oxygen atoms in total. The normalized spacial score (nSPS) is 10.6. The van der Waals surface area contributed by atoms with Crippen molar-refractivity contribution >= 4 is 94.7 Å². The minimum atomic E-state index is -1.50. The fourth-order valence-electron chi connectivity index (χ4n) is 5.22. The lowest BCUT2D eigenvalue weighted by atomic mass is 10.3. The zero-order valence-corrected chi connectivity index (χ0v) is 27.7. The Balaban J connectivity index is 0.00000676. The van der Waals surface area contributed by atoms with E-state index in [1.54, 1.807) is 0 Å². The number of nitrogens with two attached hydrogens (primary N) is 1. The Morgan fingerprint density at radius 3 is 1.36 bits per heavy atom. The second-order valence-corrected chi connectivity index (χ2v) is 10.7. The Bertz CT molecular complexity index is 1980. The van der Waals surface area contributed by atoms with Crippen molar-refractivity contribution in [2.24, 2.45) is 33.9 Å². The number of amides is 5. The van der Waals surface area contributed by atoms with E-state index < -0.39 is 30.5 Å². The molecule has 0 radical (unpaired) electrons. The zero-order chi connectivity index (χ0) is 36.5. The van der Waals surface area contributed by atoms with E-state index in [9.17, 15) is 44.4 Å². The molecule has 4 rings (SSSR count). The highest BCUT2D eigenvalue weighted by Gasteiger charge is 2.30. The first-order valence-corrected chi connectivity index (χ1v) is 14.0. The van der Waals surface area contributed by atoms with Crippen LogP contribution in [0.1, 0.15) is 6.42 Å². The van der Waals surface area contributed by atoms with Gasteiger partial charge in [0.1, 0.15) is 23.3 Å². The molecular formula is C28H34ClN11O10. The molecule has 0 bridgehead atoms. The maximum atomic E-state index is 12.7. The van der Waals surface area contributed by atoms with Gasteiger partial charge < -0.3 is 49.5 Å². The highest BCUT2D eigenvalue weighted by Crippen LogP contribution is 2.38. The maximum absolute atomic E-state index is 12.7. The number of hydrogen-bond donors (Lipinski definition) is 8. The number of aromatic nitrogens is 4. The number of hydrogen-bond acceptors (Lipinski definition) is 6. The summed E-state index contributed by atoms with van der Waals surface area (Å²) in [5, 5.41) is 59.0. The van der Waals surface area contributed by atoms with Crippen molar-refractivity contribution in [2.45, 2.75) is 6.42 Å². The Kier molecular flexibility index (Phi) is 11.0. The summed E-state index contributed by atoms with van der Waals surface area (Å²) in [5.41, 5.74) is 5.49. The molecule has 0 aliphatic heterocycles. The van der Waals surface area contributed by atoms with Gasteiger partial charge in [0.25, 0.3) is 0 Å². The van der Waals surface area contributed by atoms with Crippen molar-refractivity contribution < 1.29 is 49.5 Å². The Labute approximate surface area is 288 Å². The molecule has 0 unspecified atom stereocenters. The summed E-state index contributed by atoms with van der Waals surface area (Å²) in [6.07, 6.45) is -1.82. The molecule has 268 valence electrons. The van der Waals surface area contributed by atoms with Gasteiger partial charge in [-0.2, -0.15) is 0 Å². The SMILES string of the molecule is Cl.Cn1cc(N(C(=O)O)c2cc(N(C(=O)O)c3cc(N(C(=O)O)c4cc(NC(=O)O)cn4C)cn3C)cn2C)cc1N(CCC(=N)N)C(=O)O. The van der Waals surface area contributed by atoms with Crippen LogP contribution in [0, 0.1) is 5.41 Å². The topological polar surface area (TPSA) is 281 Å². The number of carbonyl (C=O) groups is 5. The molecule has 0 aromatic carbocycles. The minimum absolute atomic E-state index is 0. The van der Waals surface area contributed by atoms with Crippen LogP contribution in [0.25, 0.3) is 0 Å². The Hall–Kier alpha value is -6.77. The van der Waals surface area contributed by atoms with Crippen molar-refractivity contribution in [1.29, 1.82) is 5.41 Å². The molecule has 9 N–H and O–H groups in total. The second-order valence-electron chi connectivity index (χ2n) is 10.7. The molecule has 0 saturated carbocycles. The fourth-order valence-corrected chi connectivity index (χ4v) is 5.22. The molecule has 0 fully saturated rings. The summed E-state index contributed by atoms with van der Waals surface area (Å²) >= 11 is 0. The number of aryl methyl sites for hydroxylation is 4. The van der Waals surface area contributed by atoms with Crippen LogP contribution in [0.3, 0.4) is 0 Å². The van der Waals surface area contributed by atoms with Crippen molar-refractivity contribution in [3.05, 3.63) is 49.1 Å². The van der Waals surface area contributed by atoms with E-state index >= 15 is 0 Å². The van der Waals surface area contributed by atoms with Gasteiger partial charge in [0.05, 0.1) is 28.6 Å². The highest BCUT2D eigenvalue weighted by atomic mass is 35.5. The van der Waals surface area contributed by atoms with Crippen molar-refractivity contribution in [1.82, 2.24) is 18.3 Å². The first-order valence-electron chi connectivity index (χ1n) is 14.0. The largest absolute Gasteiger partial charge is 0.465 e. The average Bonchev–Trinajstić information content (AvgIpc) is 3.72. The van der Waals surface area contributed by atoms with Gasteiger partial charge in [-0.15, -0.1) is 12.4 Å². The molecule has 50 heavy (non-hydrogen) atoms. The van der Waals surface area contributed by atoms with Gasteiger partial charge in [-0.3, -0.25) is 15.6 Å². The van der Waals surface area contributed by atoms with Crippen molar-refractivity contribution in [3.8, 4) is 0 Å². The van der Waals surface area contributed by atoms with Gasteiger partial charge in [-0.25, -0.2) is 38.7 Å². The third-order valence-corrected chi connectivity index (χ3v) is 7.27. The smallest absolute Gasteiger partial charge is 0.417 e. The lowest BCUT2D eigenvalue weighted by Gasteiger charge is -2.20. The van der Waals surface area contributed by atoms with Crippen LogP contribution in [-0.2, 0) is 28.2 Å². The molecule has 0 atom stereocenters. The Morgan fingerprint density at radius 2 is 1.00 bits per heavy atom. The molecule has 4 aromatic rings. The second kappa shape index (κ2) is 14.6. The highest BCUT2D eigenvalue weighted by molar-refractivity contribution is 6.01. The third-order valence-electron chi connectivity index (χ3n) is 7.27. The van der Waals surface area contributed by atoms with Gasteiger partial charge in [-0.05, 0) is 0 Å². The van der Waals surface area contributed by atoms with Gasteiger partial charge in [-0.1, -0.05) is 0 Å². The monoisotopic (exact) mass is 719 g/mol. The molecule has 4 aromatic heterocycles. The van der Waals surface area contributed by atoms with Crippen LogP contribution in [0.5, 0.6) is 0 Å². The molecule has 0 aliphatic carbocycles. The van der Waals surface area contributed by atoms with Crippen LogP contribution in [-0.4, -0.2) is 86.6 Å². The summed E-state index contributed by atoms with van der Waals surface area (Å²) in [5.74, 6) is -0.175. The predicted octanol–water partition coefficient (Wildman–Crippen LogP) is 4.81. The zero-order valence-electron chi connectivity index (χ0n) is 26.9. The first-order chi connectivity index (χ1) is 22.9. The van der Waals surface area contributed by atoms with Crippen LogP contribution in [0.2, 0.25) is 0 Å². The van der Waals surface area contributed by atoms with Crippen LogP contribution >= 0.6 is 12.4 Å². The molecule has 5 amide bonds. The number of amidine groups is 1. The van der Waals surface area contributed by atoms with E-state index in [1.807, 2.05) is 0 Å². The molecule has 0 aliphatic rings. The molecule has 22 heteroatoms. The number of nitrogens with one attached hydrogen (secondary N) is 2. The Morgan fingerprint density at radius 1 is 0.640 bits per heavy atom. The molecular weight excluding hydrogens is 686 g/mol. The summed E-state index contributed by atoms with van der Waals surface area (Å²) in [7, 11) is 5.93. The van der Waals surface area contributed by atoms with Crippen molar-refractivity contribution in [2.75, 3.05) is 31.5 Å². The summed E-state index contributed by atoms with van der Waals surface area (Å²) in [4.78, 5) is 64.1. The van der Waals surface area contributed by atoms with Crippen molar-refractivity contribution in [3.63, 3.8) is 0 Å². The van der Waals surface area contributed by atoms with E-state index in [0.29, 0.717) is 0 Å². The van der Waals surface area contributed by atoms with Gasteiger partial charge in [0.2, 0.25) is 0 Å². The van der Waals surface area contributed by atoms with Gasteiger partial charge in [0, 0.05) is 90.2 Å². The third kappa shape index (κ3) is 7.52. The van der Waals surface area contributed by atoms with Gasteiger partial charge >= 0.3 is 30.5 Å². The van der Waals surface area contributed by atoms with Gasteiger partial charge in [0.15, 0.2) is 0 Å². The lowest BCUT2D eigenvalue weighted by molar-refractivity contribution is 0.201. The van der Waals surface area contributed by atoms with E-state index in [1.165, 1.54) is 95.5 Å². The number of halogens is 1. The maximum Gasteiger partial charge on any atom is 0.417 e. The average molecular weight is 720 g/mol. The molecule has 4 heterocycles. The number of anilines is 8. The number of rotatable bonds is 11.